The Morgan fingerprint density at radius 2 is 2.10 bits per heavy atom. The Morgan fingerprint density at radius 3 is 2.81 bits per heavy atom. The molecule has 0 saturated carbocycles. The third-order valence-corrected chi connectivity index (χ3v) is 3.68. The molecule has 0 saturated heterocycles. The van der Waals surface area contributed by atoms with Crippen LogP contribution in [0, 0.1) is 10.1 Å². The highest BCUT2D eigenvalue weighted by molar-refractivity contribution is 7.16. The van der Waals surface area contributed by atoms with Crippen molar-refractivity contribution < 1.29 is 14.6 Å². The molecule has 108 valence electrons. The molecule has 0 unspecified atom stereocenters. The summed E-state index contributed by atoms with van der Waals surface area (Å²) in [5, 5.41) is 11.0. The summed E-state index contributed by atoms with van der Waals surface area (Å²) in [6, 6.07) is 10.1. The van der Waals surface area contributed by atoms with Gasteiger partial charge in [-0.3, -0.25) is 19.7 Å². The summed E-state index contributed by atoms with van der Waals surface area (Å²) in [5.41, 5.74) is 2.79. The van der Waals surface area contributed by atoms with Crippen LogP contribution in [0.15, 0.2) is 42.5 Å². The Kier molecular flexibility index (Phi) is 4.81. The third-order valence-electron chi connectivity index (χ3n) is 2.59. The molecular weight excluding hydrogens is 292 g/mol. The Labute approximate surface area is 124 Å². The predicted molar refractivity (Wildman–Crippen MR) is 80.6 cm³/mol. The van der Waals surface area contributed by atoms with Crippen LogP contribution in [0.3, 0.4) is 0 Å². The first-order valence-electron chi connectivity index (χ1n) is 5.96. The summed E-state index contributed by atoms with van der Waals surface area (Å²) in [4.78, 5) is 27.9. The quantitative estimate of drug-likeness (QED) is 0.523. The topological polar surface area (TPSA) is 81.5 Å². The van der Waals surface area contributed by atoms with Crippen LogP contribution in [-0.4, -0.2) is 17.9 Å². The van der Waals surface area contributed by atoms with Crippen molar-refractivity contribution in [2.45, 2.75) is 0 Å². The molecular formula is C14H12N2O4S. The highest BCUT2D eigenvalue weighted by atomic mass is 32.1. The van der Waals surface area contributed by atoms with Crippen molar-refractivity contribution in [2.24, 2.45) is 0 Å². The van der Waals surface area contributed by atoms with Crippen LogP contribution >= 0.6 is 11.3 Å². The van der Waals surface area contributed by atoms with E-state index in [4.69, 9.17) is 0 Å². The molecule has 1 heterocycles. The minimum Gasteiger partial charge on any atom is -0.277 e. The zero-order valence-electron chi connectivity index (χ0n) is 11.1. The van der Waals surface area contributed by atoms with Gasteiger partial charge in [-0.25, -0.2) is 5.48 Å². The van der Waals surface area contributed by atoms with Gasteiger partial charge in [-0.1, -0.05) is 12.1 Å². The predicted octanol–water partition coefficient (Wildman–Crippen LogP) is 3.01. The van der Waals surface area contributed by atoms with Gasteiger partial charge in [0, 0.05) is 21.9 Å². The number of nitro groups is 1. The molecule has 0 radical (unpaired) electrons. The number of nitro benzene ring substituents is 1. The number of rotatable bonds is 5. The second-order valence-electron chi connectivity index (χ2n) is 3.98. The Balaban J connectivity index is 2.25. The van der Waals surface area contributed by atoms with E-state index in [2.05, 4.69) is 10.3 Å². The number of nitrogens with zero attached hydrogens (tertiary/aromatic N) is 1. The van der Waals surface area contributed by atoms with Gasteiger partial charge in [-0.15, -0.1) is 11.3 Å². The minimum atomic E-state index is -0.406. The van der Waals surface area contributed by atoms with E-state index in [0.29, 0.717) is 5.56 Å². The van der Waals surface area contributed by atoms with Crippen molar-refractivity contribution in [3.8, 4) is 10.4 Å². The molecule has 1 N–H and O–H groups in total. The lowest BCUT2D eigenvalue weighted by Crippen LogP contribution is -2.18. The maximum absolute atomic E-state index is 11.2. The Morgan fingerprint density at radius 1 is 1.33 bits per heavy atom. The van der Waals surface area contributed by atoms with E-state index < -0.39 is 4.92 Å². The van der Waals surface area contributed by atoms with Crippen LogP contribution in [0.2, 0.25) is 0 Å². The number of para-hydroxylation sites is 1. The monoisotopic (exact) mass is 304 g/mol. The van der Waals surface area contributed by atoms with Gasteiger partial charge in [-0.2, -0.15) is 0 Å². The molecule has 0 aliphatic heterocycles. The average molecular weight is 304 g/mol. The number of hydrogen-bond donors (Lipinski definition) is 1. The highest BCUT2D eigenvalue weighted by Gasteiger charge is 2.15. The maximum atomic E-state index is 11.2. The minimum absolute atomic E-state index is 0.0620. The number of carbonyl (C=O) groups excluding carboxylic acids is 1. The molecule has 0 aliphatic rings. The van der Waals surface area contributed by atoms with Crippen LogP contribution in [0.5, 0.6) is 0 Å². The summed E-state index contributed by atoms with van der Waals surface area (Å²) in [5.74, 6) is -0.377. The molecule has 0 spiro atoms. The molecule has 0 atom stereocenters. The first-order valence-corrected chi connectivity index (χ1v) is 6.78. The van der Waals surface area contributed by atoms with Crippen LogP contribution in [0.25, 0.3) is 16.5 Å². The van der Waals surface area contributed by atoms with E-state index in [1.54, 1.807) is 36.4 Å². The van der Waals surface area contributed by atoms with Crippen molar-refractivity contribution >= 4 is 29.0 Å². The highest BCUT2D eigenvalue weighted by Crippen LogP contribution is 2.34. The van der Waals surface area contributed by atoms with Gasteiger partial charge < -0.3 is 0 Å². The lowest BCUT2D eigenvalue weighted by molar-refractivity contribution is -0.384. The number of hydrogen-bond acceptors (Lipinski definition) is 5. The van der Waals surface area contributed by atoms with Gasteiger partial charge in [-0.05, 0) is 24.3 Å². The number of benzene rings is 1. The zero-order chi connectivity index (χ0) is 15.2. The van der Waals surface area contributed by atoms with Gasteiger partial charge >= 0.3 is 0 Å². The molecule has 1 aromatic carbocycles. The van der Waals surface area contributed by atoms with Gasteiger partial charge in [0.1, 0.15) is 0 Å². The number of thiophene rings is 1. The summed E-state index contributed by atoms with van der Waals surface area (Å²) < 4.78 is 0. The lowest BCUT2D eigenvalue weighted by atomic mass is 10.1. The number of nitrogens with one attached hydrogen (secondary N) is 1. The summed E-state index contributed by atoms with van der Waals surface area (Å²) >= 11 is 1.37. The third kappa shape index (κ3) is 3.74. The first-order chi connectivity index (χ1) is 10.1. The standard InChI is InChI=1S/C14H12N2O4S/c1-20-15-14(17)9-7-10-6-8-13(21-10)11-4-2-3-5-12(11)16(18)19/h2-9H,1H3,(H,15,17)/b9-7+. The molecule has 21 heavy (non-hydrogen) atoms. The zero-order valence-corrected chi connectivity index (χ0v) is 11.9. The van der Waals surface area contributed by atoms with Crippen LogP contribution < -0.4 is 5.48 Å². The van der Waals surface area contributed by atoms with Crippen molar-refractivity contribution in [1.29, 1.82) is 0 Å². The van der Waals surface area contributed by atoms with Gasteiger partial charge in [0.2, 0.25) is 0 Å². The molecule has 7 heteroatoms. The SMILES string of the molecule is CONC(=O)/C=C/c1ccc(-c2ccccc2[N+](=O)[O-])s1. The van der Waals surface area contributed by atoms with Crippen molar-refractivity contribution in [2.75, 3.05) is 7.11 Å². The van der Waals surface area contributed by atoms with Gasteiger partial charge in [0.05, 0.1) is 17.6 Å². The second-order valence-corrected chi connectivity index (χ2v) is 5.10. The fraction of sp³-hybridized carbons (Fsp3) is 0.0714. The Bertz CT molecular complexity index is 694. The maximum Gasteiger partial charge on any atom is 0.278 e. The van der Waals surface area contributed by atoms with Gasteiger partial charge in [0.15, 0.2) is 0 Å². The van der Waals surface area contributed by atoms with E-state index in [1.807, 2.05) is 0 Å². The molecule has 6 nitrogen and oxygen atoms in total. The van der Waals surface area contributed by atoms with Crippen LogP contribution in [0.4, 0.5) is 5.69 Å². The second kappa shape index (κ2) is 6.78. The molecule has 0 fully saturated rings. The summed E-state index contributed by atoms with van der Waals surface area (Å²) in [6.45, 7) is 0. The van der Waals surface area contributed by atoms with Crippen molar-refractivity contribution in [3.05, 3.63) is 57.5 Å². The van der Waals surface area contributed by atoms with E-state index >= 15 is 0 Å². The van der Waals surface area contributed by atoms with Crippen LogP contribution in [0.1, 0.15) is 4.88 Å². The fourth-order valence-corrected chi connectivity index (χ4v) is 2.67. The first kappa shape index (κ1) is 14.9. The van der Waals surface area contributed by atoms with Gasteiger partial charge in [0.25, 0.3) is 11.6 Å². The molecule has 1 aromatic heterocycles. The summed E-state index contributed by atoms with van der Waals surface area (Å²) in [6.07, 6.45) is 2.95. The Hall–Kier alpha value is -2.51. The van der Waals surface area contributed by atoms with E-state index in [1.165, 1.54) is 30.6 Å². The molecule has 0 aliphatic carbocycles. The van der Waals surface area contributed by atoms with Crippen LogP contribution in [-0.2, 0) is 9.63 Å². The smallest absolute Gasteiger partial charge is 0.277 e. The van der Waals surface area contributed by atoms with E-state index in [9.17, 15) is 14.9 Å². The van der Waals surface area contributed by atoms with E-state index in [-0.39, 0.29) is 11.6 Å². The molecule has 2 rings (SSSR count). The number of carbonyl (C=O) groups is 1. The largest absolute Gasteiger partial charge is 0.278 e. The lowest BCUT2D eigenvalue weighted by Gasteiger charge is -1.98. The molecule has 0 bridgehead atoms. The summed E-state index contributed by atoms with van der Waals surface area (Å²) in [7, 11) is 1.35. The fourth-order valence-electron chi connectivity index (χ4n) is 1.72. The van der Waals surface area contributed by atoms with Crippen molar-refractivity contribution in [1.82, 2.24) is 5.48 Å². The normalized spacial score (nSPS) is 10.7. The average Bonchev–Trinajstić information content (AvgIpc) is 2.94. The van der Waals surface area contributed by atoms with E-state index in [0.717, 1.165) is 9.75 Å². The van der Waals surface area contributed by atoms with Crippen molar-refractivity contribution in [3.63, 3.8) is 0 Å². The molecule has 1 amide bonds. The number of amides is 1. The number of hydroxylamine groups is 1. The molecule has 2 aromatic rings.